The maximum absolute atomic E-state index is 13.6. The number of oxime groups is 1. The Labute approximate surface area is 276 Å². The number of carboxylic acid groups (broad SMARTS) is 1. The van der Waals surface area contributed by atoms with Crippen molar-refractivity contribution in [3.63, 3.8) is 0 Å². The summed E-state index contributed by atoms with van der Waals surface area (Å²) in [6, 6.07) is 27.0. The molecule has 0 bridgehead atoms. The molecule has 0 aliphatic carbocycles. The van der Waals surface area contributed by atoms with Gasteiger partial charge in [-0.15, -0.1) is 0 Å². The Bertz CT molecular complexity index is 1530. The fourth-order valence-electron chi connectivity index (χ4n) is 6.58. The van der Waals surface area contributed by atoms with Gasteiger partial charge in [-0.05, 0) is 61.0 Å². The maximum Gasteiger partial charge on any atom is 0.407 e. The number of nitrogens with zero attached hydrogens (tertiary/aromatic N) is 4. The molecule has 2 aliphatic heterocycles. The van der Waals surface area contributed by atoms with Gasteiger partial charge < -0.3 is 30.8 Å². The molecule has 2 atom stereocenters. The molecule has 2 fully saturated rings. The molecule has 0 spiro atoms. The van der Waals surface area contributed by atoms with E-state index in [0.29, 0.717) is 37.5 Å². The van der Waals surface area contributed by atoms with Crippen molar-refractivity contribution in [2.75, 3.05) is 39.3 Å². The summed E-state index contributed by atoms with van der Waals surface area (Å²) >= 11 is 0. The van der Waals surface area contributed by atoms with Gasteiger partial charge in [0.25, 0.3) is 0 Å². The normalized spacial score (nSPS) is 19.2. The number of likely N-dealkylation sites (tertiary alicyclic amines) is 1. The number of carbonyl (C=O) groups is 3. The minimum Gasteiger partial charge on any atom is -0.465 e. The molecule has 47 heavy (non-hydrogen) atoms. The summed E-state index contributed by atoms with van der Waals surface area (Å²) in [6.45, 7) is 5.46. The van der Waals surface area contributed by atoms with Crippen LogP contribution in [0.15, 0.2) is 90.1 Å². The minimum atomic E-state index is -1.000. The molecule has 0 saturated carbocycles. The molecule has 4 N–H and O–H groups in total. The van der Waals surface area contributed by atoms with Crippen LogP contribution in [0.3, 0.4) is 0 Å². The second-order valence-corrected chi connectivity index (χ2v) is 12.4. The van der Waals surface area contributed by atoms with Gasteiger partial charge in [0.2, 0.25) is 0 Å². The van der Waals surface area contributed by atoms with E-state index in [4.69, 9.17) is 10.6 Å². The Hall–Kier alpha value is -4.90. The first kappa shape index (κ1) is 33.5. The first-order chi connectivity index (χ1) is 22.8. The molecule has 0 aromatic heterocycles. The highest BCUT2D eigenvalue weighted by molar-refractivity contribution is 5.97. The number of urea groups is 1. The van der Waals surface area contributed by atoms with Crippen molar-refractivity contribution in [1.29, 1.82) is 0 Å². The van der Waals surface area contributed by atoms with Crippen LogP contribution in [-0.4, -0.2) is 83.0 Å². The molecule has 2 heterocycles. The van der Waals surface area contributed by atoms with Gasteiger partial charge in [-0.2, -0.15) is 0 Å². The molecule has 248 valence electrons. The van der Waals surface area contributed by atoms with Crippen molar-refractivity contribution in [1.82, 2.24) is 20.0 Å². The molecule has 11 nitrogen and oxygen atoms in total. The Kier molecular flexibility index (Phi) is 11.5. The van der Waals surface area contributed by atoms with Crippen LogP contribution in [0, 0.1) is 11.8 Å². The first-order valence-corrected chi connectivity index (χ1v) is 16.2. The summed E-state index contributed by atoms with van der Waals surface area (Å²) < 4.78 is 0. The second-order valence-electron chi connectivity index (χ2n) is 12.4. The number of amides is 3. The molecule has 2 aliphatic rings. The molecule has 3 aromatic carbocycles. The van der Waals surface area contributed by atoms with E-state index in [0.717, 1.165) is 43.6 Å². The van der Waals surface area contributed by atoms with Gasteiger partial charge >= 0.3 is 18.1 Å². The standard InChI is InChI=1S/C36H44N6O5/c1-26(43)47-39-34(37)31-14-8-13-30(21-31)33-32(25-41(36(45)46)20-17-27-9-4-2-5-10-27)22-38-35(44)42(33)24-29-15-18-40(19-16-29)23-28-11-6-3-7-12-28/h2-14,21,29,32-33H,15-20,22-25H2,1H3,(H2,37,39)(H,38,44)(H,45,46). The van der Waals surface area contributed by atoms with Crippen LogP contribution in [0.2, 0.25) is 0 Å². The van der Waals surface area contributed by atoms with E-state index in [9.17, 15) is 19.5 Å². The number of carbonyl (C=O) groups excluding carboxylic acids is 2. The first-order valence-electron chi connectivity index (χ1n) is 16.2. The van der Waals surface area contributed by atoms with E-state index in [-0.39, 0.29) is 24.3 Å². The fraction of sp³-hybridized carbons (Fsp3) is 0.389. The quantitative estimate of drug-likeness (QED) is 0.113. The van der Waals surface area contributed by atoms with Crippen LogP contribution in [0.5, 0.6) is 0 Å². The highest BCUT2D eigenvalue weighted by Gasteiger charge is 2.40. The van der Waals surface area contributed by atoms with E-state index < -0.39 is 18.1 Å². The maximum atomic E-state index is 13.6. The number of hydrogen-bond acceptors (Lipinski definition) is 6. The molecular weight excluding hydrogens is 596 g/mol. The average Bonchev–Trinajstić information content (AvgIpc) is 3.08. The number of nitrogens with two attached hydrogens (primary N) is 1. The van der Waals surface area contributed by atoms with Crippen LogP contribution < -0.4 is 11.1 Å². The third kappa shape index (κ3) is 9.32. The SMILES string of the molecule is CC(=O)ON=C(N)c1cccc(C2C(CN(CCc3ccccc3)C(=O)O)CNC(=O)N2CC2CCN(Cc3ccccc3)CC2)c1. The lowest BCUT2D eigenvalue weighted by Gasteiger charge is -2.45. The van der Waals surface area contributed by atoms with Crippen LogP contribution in [0.1, 0.15) is 48.1 Å². The molecule has 3 amide bonds. The van der Waals surface area contributed by atoms with Crippen LogP contribution >= 0.6 is 0 Å². The Morgan fingerprint density at radius 2 is 1.68 bits per heavy atom. The van der Waals surface area contributed by atoms with E-state index >= 15 is 0 Å². The number of amidine groups is 1. The Morgan fingerprint density at radius 1 is 1.00 bits per heavy atom. The van der Waals surface area contributed by atoms with Crippen molar-refractivity contribution in [3.8, 4) is 0 Å². The molecule has 0 radical (unpaired) electrons. The summed E-state index contributed by atoms with van der Waals surface area (Å²) in [5, 5.41) is 17.0. The largest absolute Gasteiger partial charge is 0.465 e. The van der Waals surface area contributed by atoms with E-state index in [1.54, 1.807) is 6.07 Å². The summed E-state index contributed by atoms with van der Waals surface area (Å²) in [4.78, 5) is 47.9. The van der Waals surface area contributed by atoms with Crippen LogP contribution in [-0.2, 0) is 22.6 Å². The van der Waals surface area contributed by atoms with Gasteiger partial charge in [0.15, 0.2) is 5.84 Å². The number of benzene rings is 3. The zero-order chi connectivity index (χ0) is 33.2. The monoisotopic (exact) mass is 640 g/mol. The van der Waals surface area contributed by atoms with Gasteiger partial charge in [-0.1, -0.05) is 84.0 Å². The van der Waals surface area contributed by atoms with Gasteiger partial charge in [0.05, 0.1) is 6.04 Å². The summed E-state index contributed by atoms with van der Waals surface area (Å²) in [6.07, 6.45) is 1.49. The zero-order valence-corrected chi connectivity index (χ0v) is 26.8. The van der Waals surface area contributed by atoms with E-state index in [1.807, 2.05) is 59.5 Å². The second kappa shape index (κ2) is 16.1. The third-order valence-electron chi connectivity index (χ3n) is 9.00. The van der Waals surface area contributed by atoms with Gasteiger partial charge in [0.1, 0.15) is 0 Å². The molecule has 2 saturated heterocycles. The highest BCUT2D eigenvalue weighted by atomic mass is 16.7. The van der Waals surface area contributed by atoms with Crippen molar-refractivity contribution in [2.24, 2.45) is 22.7 Å². The third-order valence-corrected chi connectivity index (χ3v) is 9.00. The minimum absolute atomic E-state index is 0.0335. The molecule has 5 rings (SSSR count). The van der Waals surface area contributed by atoms with E-state index in [2.05, 4.69) is 39.6 Å². The molecular formula is C36H44N6O5. The summed E-state index contributed by atoms with van der Waals surface area (Å²) in [5.74, 6) is -0.495. The smallest absolute Gasteiger partial charge is 0.407 e. The lowest BCUT2D eigenvalue weighted by molar-refractivity contribution is -0.140. The van der Waals surface area contributed by atoms with Crippen molar-refractivity contribution >= 4 is 23.9 Å². The van der Waals surface area contributed by atoms with Gasteiger partial charge in [-0.25, -0.2) is 14.4 Å². The number of rotatable bonds is 12. The predicted octanol–water partition coefficient (Wildman–Crippen LogP) is 4.69. The summed E-state index contributed by atoms with van der Waals surface area (Å²) in [7, 11) is 0. The van der Waals surface area contributed by atoms with Crippen molar-refractivity contribution in [2.45, 2.75) is 38.8 Å². The number of piperidine rings is 1. The van der Waals surface area contributed by atoms with Crippen LogP contribution in [0.25, 0.3) is 0 Å². The number of nitrogens with one attached hydrogen (secondary N) is 1. The van der Waals surface area contributed by atoms with Crippen LogP contribution in [0.4, 0.5) is 9.59 Å². The highest BCUT2D eigenvalue weighted by Crippen LogP contribution is 2.35. The van der Waals surface area contributed by atoms with Gasteiger partial charge in [-0.3, -0.25) is 4.90 Å². The Balaban J connectivity index is 1.37. The zero-order valence-electron chi connectivity index (χ0n) is 26.8. The molecule has 3 aromatic rings. The van der Waals surface area contributed by atoms with E-state index in [1.165, 1.54) is 17.4 Å². The fourth-order valence-corrected chi connectivity index (χ4v) is 6.58. The topological polar surface area (TPSA) is 141 Å². The summed E-state index contributed by atoms with van der Waals surface area (Å²) in [5.41, 5.74) is 9.87. The Morgan fingerprint density at radius 3 is 2.34 bits per heavy atom. The number of hydrogen-bond donors (Lipinski definition) is 3. The van der Waals surface area contributed by atoms with Crippen molar-refractivity contribution < 1.29 is 24.3 Å². The predicted molar refractivity (Wildman–Crippen MR) is 179 cm³/mol. The lowest BCUT2D eigenvalue weighted by atomic mass is 9.86. The molecule has 11 heteroatoms. The van der Waals surface area contributed by atoms with Crippen molar-refractivity contribution in [3.05, 3.63) is 107 Å². The average molecular weight is 641 g/mol. The van der Waals surface area contributed by atoms with Gasteiger partial charge in [0, 0.05) is 51.1 Å². The molecule has 2 unspecified atom stereocenters. The lowest BCUT2D eigenvalue weighted by Crippen LogP contribution is -2.57.